The lowest BCUT2D eigenvalue weighted by molar-refractivity contribution is -0.154. The SMILES string of the molecule is CC/C=C\C/C=C\C/C=C\C/C=C\C/C=C\C/C=C\C/C=C\CCCC(=O)OC(CO)COCCCCCC/C=C\C/C=C\C/C=C\CC. The first-order valence-corrected chi connectivity index (χ1v) is 19.1. The van der Waals surface area contributed by atoms with Crippen LogP contribution in [0, 0.1) is 0 Å². The van der Waals surface area contributed by atoms with E-state index in [1.165, 1.54) is 12.8 Å². The molecule has 1 unspecified atom stereocenters. The zero-order valence-electron chi connectivity index (χ0n) is 31.1. The van der Waals surface area contributed by atoms with Crippen LogP contribution in [0.4, 0.5) is 0 Å². The quantitative estimate of drug-likeness (QED) is 0.0428. The van der Waals surface area contributed by atoms with E-state index in [2.05, 4.69) is 135 Å². The van der Waals surface area contributed by atoms with Crippen molar-refractivity contribution in [3.63, 3.8) is 0 Å². The molecule has 0 spiro atoms. The standard InChI is InChI=1S/C45H70O4/c1-3-5-7-9-11-13-15-17-19-20-21-22-23-24-25-26-27-28-30-32-34-36-38-40-45(47)49-44(42-46)43-48-41-39-37-35-33-31-29-18-16-14-12-10-8-6-4-2/h5-8,11-14,17-19,21-22,24-25,27-29,32,34,44,46H,3-4,9-10,15-16,20,23,26,30-31,33,35-43H2,1-2H3/b7-5-,8-6-,13-11-,14-12-,19-17-,22-21-,25-24-,28-27-,29-18-,34-32-. The number of ether oxygens (including phenoxy) is 2. The number of aliphatic hydroxyl groups is 1. The molecule has 0 aromatic heterocycles. The van der Waals surface area contributed by atoms with Gasteiger partial charge in [0.1, 0.15) is 6.10 Å². The smallest absolute Gasteiger partial charge is 0.306 e. The first-order valence-electron chi connectivity index (χ1n) is 19.1. The van der Waals surface area contributed by atoms with E-state index in [1.807, 2.05) is 0 Å². The van der Waals surface area contributed by atoms with Crippen LogP contribution in [0.15, 0.2) is 122 Å². The highest BCUT2D eigenvalue weighted by molar-refractivity contribution is 5.69. The maximum Gasteiger partial charge on any atom is 0.306 e. The zero-order valence-corrected chi connectivity index (χ0v) is 31.1. The summed E-state index contributed by atoms with van der Waals surface area (Å²) in [6, 6.07) is 0. The lowest BCUT2D eigenvalue weighted by Gasteiger charge is -2.15. The molecule has 0 rings (SSSR count). The van der Waals surface area contributed by atoms with E-state index in [9.17, 15) is 9.90 Å². The molecule has 4 heteroatoms. The van der Waals surface area contributed by atoms with Gasteiger partial charge in [-0.1, -0.05) is 148 Å². The lowest BCUT2D eigenvalue weighted by Crippen LogP contribution is -2.27. The molecular formula is C45H70O4. The molecular weight excluding hydrogens is 604 g/mol. The Bertz CT molecular complexity index is 1020. The van der Waals surface area contributed by atoms with E-state index >= 15 is 0 Å². The van der Waals surface area contributed by atoms with Crippen LogP contribution in [0.1, 0.15) is 129 Å². The van der Waals surface area contributed by atoms with Gasteiger partial charge in [-0.3, -0.25) is 4.79 Å². The zero-order chi connectivity index (χ0) is 35.6. The predicted molar refractivity (Wildman–Crippen MR) is 214 cm³/mol. The third-order valence-electron chi connectivity index (χ3n) is 7.28. The van der Waals surface area contributed by atoms with Gasteiger partial charge in [-0.2, -0.15) is 0 Å². The minimum absolute atomic E-state index is 0.214. The van der Waals surface area contributed by atoms with Crippen LogP contribution in [0.5, 0.6) is 0 Å². The molecule has 0 aliphatic heterocycles. The fourth-order valence-corrected chi connectivity index (χ4v) is 4.50. The number of carbonyl (C=O) groups is 1. The van der Waals surface area contributed by atoms with Gasteiger partial charge in [0.15, 0.2) is 0 Å². The van der Waals surface area contributed by atoms with Crippen molar-refractivity contribution >= 4 is 5.97 Å². The van der Waals surface area contributed by atoms with Gasteiger partial charge < -0.3 is 14.6 Å². The average Bonchev–Trinajstić information content (AvgIpc) is 3.11. The molecule has 0 aromatic rings. The molecule has 1 N–H and O–H groups in total. The third kappa shape index (κ3) is 39.1. The number of hydrogen-bond donors (Lipinski definition) is 1. The van der Waals surface area contributed by atoms with Gasteiger partial charge in [-0.25, -0.2) is 0 Å². The van der Waals surface area contributed by atoms with Gasteiger partial charge in [-0.15, -0.1) is 0 Å². The average molecular weight is 675 g/mol. The number of aliphatic hydroxyl groups excluding tert-OH is 1. The number of unbranched alkanes of at least 4 members (excludes halogenated alkanes) is 5. The van der Waals surface area contributed by atoms with Gasteiger partial charge >= 0.3 is 5.97 Å². The fraction of sp³-hybridized carbons (Fsp3) is 0.533. The Balaban J connectivity index is 3.69. The molecule has 0 saturated carbocycles. The second-order valence-electron chi connectivity index (χ2n) is 11.9. The van der Waals surface area contributed by atoms with Crippen LogP contribution >= 0.6 is 0 Å². The van der Waals surface area contributed by atoms with Crippen LogP contribution in [0.2, 0.25) is 0 Å². The minimum atomic E-state index is -0.585. The van der Waals surface area contributed by atoms with Gasteiger partial charge in [-0.05, 0) is 96.3 Å². The highest BCUT2D eigenvalue weighted by atomic mass is 16.6. The summed E-state index contributed by atoms with van der Waals surface area (Å²) in [5, 5.41) is 9.56. The van der Waals surface area contributed by atoms with Crippen molar-refractivity contribution in [1.29, 1.82) is 0 Å². The van der Waals surface area contributed by atoms with Crippen molar-refractivity contribution in [3.05, 3.63) is 122 Å². The number of carbonyl (C=O) groups excluding carboxylic acids is 1. The van der Waals surface area contributed by atoms with Crippen molar-refractivity contribution in [2.75, 3.05) is 19.8 Å². The molecule has 49 heavy (non-hydrogen) atoms. The molecule has 0 amide bonds. The fourth-order valence-electron chi connectivity index (χ4n) is 4.50. The molecule has 0 aromatic carbocycles. The molecule has 0 fully saturated rings. The van der Waals surface area contributed by atoms with Gasteiger partial charge in [0.2, 0.25) is 0 Å². The van der Waals surface area contributed by atoms with Crippen LogP contribution in [0.3, 0.4) is 0 Å². The highest BCUT2D eigenvalue weighted by Gasteiger charge is 2.13. The van der Waals surface area contributed by atoms with Crippen LogP contribution in [0.25, 0.3) is 0 Å². The predicted octanol–water partition coefficient (Wildman–Crippen LogP) is 12.5. The maximum atomic E-state index is 12.1. The van der Waals surface area contributed by atoms with Gasteiger partial charge in [0, 0.05) is 13.0 Å². The largest absolute Gasteiger partial charge is 0.457 e. The summed E-state index contributed by atoms with van der Waals surface area (Å²) in [5.41, 5.74) is 0. The van der Waals surface area contributed by atoms with E-state index in [4.69, 9.17) is 9.47 Å². The molecule has 0 heterocycles. The van der Waals surface area contributed by atoms with E-state index < -0.39 is 6.10 Å². The van der Waals surface area contributed by atoms with Crippen molar-refractivity contribution in [2.24, 2.45) is 0 Å². The summed E-state index contributed by atoms with van der Waals surface area (Å²) in [6.07, 6.45) is 61.1. The molecule has 0 bridgehead atoms. The summed E-state index contributed by atoms with van der Waals surface area (Å²) in [5.74, 6) is -0.273. The molecule has 0 aliphatic rings. The molecule has 0 aliphatic carbocycles. The molecule has 0 saturated heterocycles. The Morgan fingerprint density at radius 3 is 1.27 bits per heavy atom. The number of rotatable bonds is 33. The first-order chi connectivity index (χ1) is 24.2. The van der Waals surface area contributed by atoms with E-state index in [0.717, 1.165) is 96.3 Å². The van der Waals surface area contributed by atoms with Crippen molar-refractivity contribution in [3.8, 4) is 0 Å². The Morgan fingerprint density at radius 2 is 0.857 bits per heavy atom. The Hall–Kier alpha value is -3.21. The summed E-state index contributed by atoms with van der Waals surface area (Å²) in [7, 11) is 0. The van der Waals surface area contributed by atoms with E-state index in [-0.39, 0.29) is 19.2 Å². The lowest BCUT2D eigenvalue weighted by atomic mass is 10.1. The summed E-state index contributed by atoms with van der Waals surface area (Å²) in [6.45, 7) is 4.97. The Morgan fingerprint density at radius 1 is 0.490 bits per heavy atom. The summed E-state index contributed by atoms with van der Waals surface area (Å²) in [4.78, 5) is 12.1. The molecule has 4 nitrogen and oxygen atoms in total. The monoisotopic (exact) mass is 675 g/mol. The number of hydrogen-bond acceptors (Lipinski definition) is 4. The Kier molecular flexibility index (Phi) is 38.3. The minimum Gasteiger partial charge on any atom is -0.457 e. The van der Waals surface area contributed by atoms with E-state index in [0.29, 0.717) is 13.0 Å². The van der Waals surface area contributed by atoms with Crippen molar-refractivity contribution in [2.45, 2.75) is 136 Å². The normalized spacial score (nSPS) is 13.8. The van der Waals surface area contributed by atoms with Crippen LogP contribution in [-0.4, -0.2) is 37.0 Å². The van der Waals surface area contributed by atoms with E-state index in [1.54, 1.807) is 0 Å². The summed E-state index contributed by atoms with van der Waals surface area (Å²) < 4.78 is 11.0. The second-order valence-corrected chi connectivity index (χ2v) is 11.9. The number of esters is 1. The number of allylic oxidation sites excluding steroid dienone is 20. The molecule has 274 valence electrons. The maximum absolute atomic E-state index is 12.1. The summed E-state index contributed by atoms with van der Waals surface area (Å²) >= 11 is 0. The molecule has 1 atom stereocenters. The Labute approximate surface area is 301 Å². The topological polar surface area (TPSA) is 55.8 Å². The highest BCUT2D eigenvalue weighted by Crippen LogP contribution is 2.07. The second kappa shape index (κ2) is 41.0. The molecule has 0 radical (unpaired) electrons. The van der Waals surface area contributed by atoms with Crippen LogP contribution < -0.4 is 0 Å². The third-order valence-corrected chi connectivity index (χ3v) is 7.28. The van der Waals surface area contributed by atoms with Gasteiger partial charge in [0.05, 0.1) is 13.2 Å². The van der Waals surface area contributed by atoms with Crippen molar-refractivity contribution < 1.29 is 19.4 Å². The van der Waals surface area contributed by atoms with Crippen molar-refractivity contribution in [1.82, 2.24) is 0 Å². The van der Waals surface area contributed by atoms with Crippen LogP contribution in [-0.2, 0) is 14.3 Å². The van der Waals surface area contributed by atoms with Gasteiger partial charge in [0.25, 0.3) is 0 Å². The first kappa shape index (κ1) is 45.8.